The number of fused-ring (bicyclic) bond motifs is 1. The van der Waals surface area contributed by atoms with Gasteiger partial charge in [-0.25, -0.2) is 13.1 Å². The van der Waals surface area contributed by atoms with E-state index in [4.69, 9.17) is 22.1 Å². The van der Waals surface area contributed by atoms with Gasteiger partial charge in [0.05, 0.1) is 9.92 Å². The molecule has 0 spiro atoms. The second-order valence-corrected chi connectivity index (χ2v) is 8.05. The number of hydrogen-bond donors (Lipinski definition) is 2. The van der Waals surface area contributed by atoms with Crippen molar-refractivity contribution in [2.45, 2.75) is 43.2 Å². The number of nitrogens with one attached hydrogen (secondary N) is 1. The van der Waals surface area contributed by atoms with Gasteiger partial charge in [-0.15, -0.1) is 0 Å². The quantitative estimate of drug-likeness (QED) is 0.860. The number of ether oxygens (including phenoxy) is 1. The Bertz CT molecular complexity index is 658. The van der Waals surface area contributed by atoms with E-state index in [1.54, 1.807) is 6.07 Å². The summed E-state index contributed by atoms with van der Waals surface area (Å²) in [6.07, 6.45) is 2.86. The number of sulfonamides is 1. The molecule has 0 amide bonds. The van der Waals surface area contributed by atoms with Gasteiger partial charge in [0.25, 0.3) is 0 Å². The van der Waals surface area contributed by atoms with Gasteiger partial charge in [-0.3, -0.25) is 0 Å². The molecule has 1 aliphatic carbocycles. The van der Waals surface area contributed by atoms with Crippen molar-refractivity contribution in [1.82, 2.24) is 4.72 Å². The zero-order chi connectivity index (χ0) is 15.2. The Balaban J connectivity index is 1.79. The Hall–Kier alpha value is -0.820. The molecule has 1 saturated carbocycles. The van der Waals surface area contributed by atoms with Crippen LogP contribution in [0.1, 0.15) is 25.3 Å². The minimum absolute atomic E-state index is 0.0201. The van der Waals surface area contributed by atoms with E-state index in [0.29, 0.717) is 23.1 Å². The number of benzene rings is 1. The van der Waals surface area contributed by atoms with Crippen LogP contribution in [0.25, 0.3) is 0 Å². The minimum atomic E-state index is -3.59. The first-order valence-corrected chi connectivity index (χ1v) is 8.97. The molecule has 2 atom stereocenters. The first kappa shape index (κ1) is 15.1. The summed E-state index contributed by atoms with van der Waals surface area (Å²) >= 11 is 6.13. The minimum Gasteiger partial charge on any atom is -0.489 e. The summed E-state index contributed by atoms with van der Waals surface area (Å²) in [7, 11) is -3.59. The maximum Gasteiger partial charge on any atom is 0.240 e. The van der Waals surface area contributed by atoms with E-state index in [9.17, 15) is 8.42 Å². The normalized spacial score (nSPS) is 22.7. The number of halogens is 1. The Labute approximate surface area is 129 Å². The van der Waals surface area contributed by atoms with Crippen LogP contribution in [-0.4, -0.2) is 27.1 Å². The molecule has 1 aromatic carbocycles. The molecular formula is C14H19ClN2O3S. The first-order chi connectivity index (χ1) is 9.87. The van der Waals surface area contributed by atoms with Crippen molar-refractivity contribution in [3.8, 4) is 5.75 Å². The van der Waals surface area contributed by atoms with Crippen molar-refractivity contribution < 1.29 is 13.2 Å². The summed E-state index contributed by atoms with van der Waals surface area (Å²) in [6.45, 7) is 2.19. The maximum absolute atomic E-state index is 12.3. The largest absolute Gasteiger partial charge is 0.489 e. The van der Waals surface area contributed by atoms with Gasteiger partial charge < -0.3 is 10.5 Å². The summed E-state index contributed by atoms with van der Waals surface area (Å²) in [5.41, 5.74) is 6.76. The van der Waals surface area contributed by atoms with Crippen LogP contribution in [0.15, 0.2) is 17.0 Å². The van der Waals surface area contributed by atoms with Crippen molar-refractivity contribution in [3.63, 3.8) is 0 Å². The molecule has 1 aromatic rings. The highest BCUT2D eigenvalue weighted by Gasteiger charge is 2.30. The van der Waals surface area contributed by atoms with Crippen molar-refractivity contribution in [2.75, 3.05) is 6.54 Å². The Kier molecular flexibility index (Phi) is 3.90. The highest BCUT2D eigenvalue weighted by Crippen LogP contribution is 2.38. The van der Waals surface area contributed by atoms with E-state index in [0.717, 1.165) is 18.4 Å². The van der Waals surface area contributed by atoms with E-state index < -0.39 is 10.0 Å². The van der Waals surface area contributed by atoms with Gasteiger partial charge in [-0.1, -0.05) is 11.6 Å². The number of rotatable bonds is 5. The summed E-state index contributed by atoms with van der Waals surface area (Å²) in [5.74, 6) is 1.04. The molecule has 1 heterocycles. The van der Waals surface area contributed by atoms with Crippen molar-refractivity contribution in [1.29, 1.82) is 0 Å². The van der Waals surface area contributed by atoms with Gasteiger partial charge in [0.2, 0.25) is 10.0 Å². The molecule has 21 heavy (non-hydrogen) atoms. The molecular weight excluding hydrogens is 312 g/mol. The number of nitrogens with two attached hydrogens (primary N) is 1. The predicted octanol–water partition coefficient (Wildman–Crippen LogP) is 1.68. The summed E-state index contributed by atoms with van der Waals surface area (Å²) in [5, 5.41) is 0.337. The third-order valence-electron chi connectivity index (χ3n) is 3.97. The Morgan fingerprint density at radius 1 is 1.48 bits per heavy atom. The van der Waals surface area contributed by atoms with Gasteiger partial charge in [0, 0.05) is 24.6 Å². The zero-order valence-electron chi connectivity index (χ0n) is 11.8. The molecule has 5 nitrogen and oxygen atoms in total. The molecule has 7 heteroatoms. The van der Waals surface area contributed by atoms with Crippen LogP contribution in [-0.2, 0) is 16.4 Å². The lowest BCUT2D eigenvalue weighted by atomic mass is 10.1. The van der Waals surface area contributed by atoms with E-state index in [2.05, 4.69) is 4.72 Å². The molecule has 1 fully saturated rings. The van der Waals surface area contributed by atoms with E-state index in [1.165, 1.54) is 6.07 Å². The molecule has 3 rings (SSSR count). The lowest BCUT2D eigenvalue weighted by molar-refractivity contribution is 0.255. The van der Waals surface area contributed by atoms with Gasteiger partial charge in [0.15, 0.2) is 0 Å². The van der Waals surface area contributed by atoms with E-state index in [-0.39, 0.29) is 23.6 Å². The molecule has 3 N–H and O–H groups in total. The fraction of sp³-hybridized carbons (Fsp3) is 0.571. The topological polar surface area (TPSA) is 81.4 Å². The van der Waals surface area contributed by atoms with Crippen LogP contribution in [0.5, 0.6) is 5.75 Å². The predicted molar refractivity (Wildman–Crippen MR) is 81.1 cm³/mol. The lowest BCUT2D eigenvalue weighted by Crippen LogP contribution is -2.38. The van der Waals surface area contributed by atoms with Crippen molar-refractivity contribution in [3.05, 3.63) is 22.7 Å². The average molecular weight is 331 g/mol. The van der Waals surface area contributed by atoms with Crippen LogP contribution >= 0.6 is 11.6 Å². The van der Waals surface area contributed by atoms with Crippen LogP contribution in [0.3, 0.4) is 0 Å². The molecule has 1 aliphatic heterocycles. The SMILES string of the molecule is CC1Cc2cc(S(=O)(=O)NCC(N)C3CC3)cc(Cl)c2O1. The Morgan fingerprint density at radius 3 is 2.86 bits per heavy atom. The second-order valence-electron chi connectivity index (χ2n) is 5.88. The van der Waals surface area contributed by atoms with Gasteiger partial charge >= 0.3 is 0 Å². The molecule has 0 radical (unpaired) electrons. The molecule has 0 aromatic heterocycles. The molecule has 116 valence electrons. The van der Waals surface area contributed by atoms with Crippen LogP contribution in [0.2, 0.25) is 5.02 Å². The first-order valence-electron chi connectivity index (χ1n) is 7.11. The monoisotopic (exact) mass is 330 g/mol. The van der Waals surface area contributed by atoms with Crippen LogP contribution in [0.4, 0.5) is 0 Å². The molecule has 2 unspecified atom stereocenters. The third-order valence-corrected chi connectivity index (χ3v) is 5.65. The van der Waals surface area contributed by atoms with Crippen molar-refractivity contribution >= 4 is 21.6 Å². The highest BCUT2D eigenvalue weighted by atomic mass is 35.5. The third kappa shape index (κ3) is 3.18. The average Bonchev–Trinajstić information content (AvgIpc) is 3.18. The van der Waals surface area contributed by atoms with Gasteiger partial charge in [-0.2, -0.15) is 0 Å². The summed E-state index contributed by atoms with van der Waals surface area (Å²) < 4.78 is 32.8. The van der Waals surface area contributed by atoms with Gasteiger partial charge in [-0.05, 0) is 37.8 Å². The Morgan fingerprint density at radius 2 is 2.19 bits per heavy atom. The fourth-order valence-corrected chi connectivity index (χ4v) is 4.09. The van der Waals surface area contributed by atoms with E-state index in [1.807, 2.05) is 6.92 Å². The maximum atomic E-state index is 12.3. The van der Waals surface area contributed by atoms with Crippen molar-refractivity contribution in [2.24, 2.45) is 11.7 Å². The van der Waals surface area contributed by atoms with E-state index >= 15 is 0 Å². The van der Waals surface area contributed by atoms with Crippen LogP contribution in [0, 0.1) is 5.92 Å². The lowest BCUT2D eigenvalue weighted by Gasteiger charge is -2.13. The fourth-order valence-electron chi connectivity index (χ4n) is 2.59. The molecule has 0 bridgehead atoms. The second kappa shape index (κ2) is 5.43. The van der Waals surface area contributed by atoms with Gasteiger partial charge in [0.1, 0.15) is 11.9 Å². The smallest absolute Gasteiger partial charge is 0.240 e. The summed E-state index contributed by atoms with van der Waals surface area (Å²) in [4.78, 5) is 0.173. The molecule has 2 aliphatic rings. The summed E-state index contributed by atoms with van der Waals surface area (Å²) in [6, 6.07) is 2.95. The highest BCUT2D eigenvalue weighted by molar-refractivity contribution is 7.89. The molecule has 0 saturated heterocycles. The zero-order valence-corrected chi connectivity index (χ0v) is 13.4. The van der Waals surface area contributed by atoms with Crippen LogP contribution < -0.4 is 15.2 Å². The standard InChI is InChI=1S/C14H19ClN2O3S/c1-8-4-10-5-11(6-12(15)14(10)20-8)21(18,19)17-7-13(16)9-2-3-9/h5-6,8-9,13,17H,2-4,7,16H2,1H3. The number of hydrogen-bond acceptors (Lipinski definition) is 4.